The Bertz CT molecular complexity index is 453. The number of nitro groups is 1. The first-order chi connectivity index (χ1) is 9.08. The van der Waals surface area contributed by atoms with Gasteiger partial charge in [-0.15, -0.1) is 0 Å². The van der Waals surface area contributed by atoms with Crippen molar-refractivity contribution in [3.05, 3.63) is 33.9 Å². The molecule has 1 aliphatic heterocycles. The summed E-state index contributed by atoms with van der Waals surface area (Å²) in [5.41, 5.74) is -0.919. The fourth-order valence-electron chi connectivity index (χ4n) is 2.05. The van der Waals surface area contributed by atoms with E-state index in [1.54, 1.807) is 0 Å². The highest BCUT2D eigenvalue weighted by Crippen LogP contribution is 2.25. The van der Waals surface area contributed by atoms with E-state index in [1.165, 1.54) is 0 Å². The topological polar surface area (TPSA) is 64.4 Å². The third-order valence-electron chi connectivity index (χ3n) is 3.06. The lowest BCUT2D eigenvalue weighted by molar-refractivity contribution is -0.385. The third-order valence-corrected chi connectivity index (χ3v) is 3.06. The molecule has 1 heterocycles. The van der Waals surface area contributed by atoms with Crippen molar-refractivity contribution in [2.75, 3.05) is 25.1 Å². The molecule has 1 atom stereocenters. The van der Waals surface area contributed by atoms with Gasteiger partial charge < -0.3 is 10.1 Å². The maximum Gasteiger partial charge on any atom is 0.275 e. The summed E-state index contributed by atoms with van der Waals surface area (Å²) in [4.78, 5) is 9.63. The second kappa shape index (κ2) is 5.92. The monoisotopic (exact) mass is 272 g/mol. The SMILES string of the molecule is O=[N+]([O-])c1cc(F)c(NCC2CCCOC2)c(F)c1. The molecule has 0 saturated carbocycles. The van der Waals surface area contributed by atoms with Crippen LogP contribution in [0.5, 0.6) is 0 Å². The van der Waals surface area contributed by atoms with Gasteiger partial charge in [-0.1, -0.05) is 0 Å². The number of hydrogen-bond donors (Lipinski definition) is 1. The number of rotatable bonds is 4. The van der Waals surface area contributed by atoms with Crippen LogP contribution in [-0.4, -0.2) is 24.7 Å². The Morgan fingerprint density at radius 2 is 2.11 bits per heavy atom. The first kappa shape index (κ1) is 13.7. The van der Waals surface area contributed by atoms with E-state index in [2.05, 4.69) is 5.32 Å². The average Bonchev–Trinajstić information content (AvgIpc) is 2.38. The molecule has 0 aromatic heterocycles. The van der Waals surface area contributed by atoms with Gasteiger partial charge in [0.1, 0.15) is 5.69 Å². The van der Waals surface area contributed by atoms with Gasteiger partial charge in [0.2, 0.25) is 0 Å². The van der Waals surface area contributed by atoms with E-state index in [-0.39, 0.29) is 11.6 Å². The van der Waals surface area contributed by atoms with Crippen LogP contribution in [0.15, 0.2) is 12.1 Å². The molecule has 2 rings (SSSR count). The number of nitrogens with one attached hydrogen (secondary N) is 1. The summed E-state index contributed by atoms with van der Waals surface area (Å²) in [6, 6.07) is 1.42. The first-order valence-electron chi connectivity index (χ1n) is 6.03. The summed E-state index contributed by atoms with van der Waals surface area (Å²) in [5, 5.41) is 13.1. The van der Waals surface area contributed by atoms with Crippen LogP contribution in [-0.2, 0) is 4.74 Å². The van der Waals surface area contributed by atoms with Crippen molar-refractivity contribution in [3.8, 4) is 0 Å². The number of halogens is 2. The maximum atomic E-state index is 13.6. The minimum atomic E-state index is -0.955. The van der Waals surface area contributed by atoms with Gasteiger partial charge in [0.05, 0.1) is 23.7 Å². The van der Waals surface area contributed by atoms with Gasteiger partial charge in [0.15, 0.2) is 11.6 Å². The second-order valence-electron chi connectivity index (χ2n) is 4.51. The normalized spacial score (nSPS) is 19.2. The fraction of sp³-hybridized carbons (Fsp3) is 0.500. The molecule has 0 spiro atoms. The lowest BCUT2D eigenvalue weighted by Crippen LogP contribution is -2.24. The summed E-state index contributed by atoms with van der Waals surface area (Å²) in [5.74, 6) is -1.71. The van der Waals surface area contributed by atoms with E-state index in [4.69, 9.17) is 4.74 Å². The van der Waals surface area contributed by atoms with Crippen molar-refractivity contribution in [2.24, 2.45) is 5.92 Å². The molecule has 1 aromatic rings. The molecule has 1 fully saturated rings. The van der Waals surface area contributed by atoms with E-state index < -0.39 is 22.2 Å². The summed E-state index contributed by atoms with van der Waals surface area (Å²) in [7, 11) is 0. The molecule has 104 valence electrons. The Kier molecular flexibility index (Phi) is 4.26. The molecule has 7 heteroatoms. The molecule has 0 amide bonds. The predicted octanol–water partition coefficient (Wildman–Crippen LogP) is 2.71. The Balaban J connectivity index is 2.05. The fourth-order valence-corrected chi connectivity index (χ4v) is 2.05. The van der Waals surface area contributed by atoms with Crippen LogP contribution in [0, 0.1) is 27.7 Å². The van der Waals surface area contributed by atoms with Gasteiger partial charge in [0.25, 0.3) is 5.69 Å². The molecular formula is C12H14F2N2O3. The predicted molar refractivity (Wildman–Crippen MR) is 65.0 cm³/mol. The lowest BCUT2D eigenvalue weighted by Gasteiger charge is -2.22. The Labute approximate surface area is 108 Å². The van der Waals surface area contributed by atoms with Crippen LogP contribution in [0.4, 0.5) is 20.2 Å². The lowest BCUT2D eigenvalue weighted by atomic mass is 10.0. The average molecular weight is 272 g/mol. The molecule has 5 nitrogen and oxygen atoms in total. The highest BCUT2D eigenvalue weighted by atomic mass is 19.1. The van der Waals surface area contributed by atoms with E-state index in [1.807, 2.05) is 0 Å². The van der Waals surface area contributed by atoms with Gasteiger partial charge in [-0.2, -0.15) is 0 Å². The molecule has 1 aliphatic rings. The van der Waals surface area contributed by atoms with Crippen molar-refractivity contribution in [2.45, 2.75) is 12.8 Å². The van der Waals surface area contributed by atoms with Gasteiger partial charge >= 0.3 is 0 Å². The smallest absolute Gasteiger partial charge is 0.275 e. The van der Waals surface area contributed by atoms with Gasteiger partial charge in [0, 0.05) is 13.2 Å². The van der Waals surface area contributed by atoms with Crippen molar-refractivity contribution in [1.29, 1.82) is 0 Å². The first-order valence-corrected chi connectivity index (χ1v) is 6.03. The molecule has 19 heavy (non-hydrogen) atoms. The number of nitro benzene ring substituents is 1. The van der Waals surface area contributed by atoms with Gasteiger partial charge in [-0.25, -0.2) is 8.78 Å². The molecule has 1 saturated heterocycles. The molecule has 1 unspecified atom stereocenters. The van der Waals surface area contributed by atoms with Crippen molar-refractivity contribution in [1.82, 2.24) is 0 Å². The summed E-state index contributed by atoms with van der Waals surface area (Å²) in [6.45, 7) is 1.66. The van der Waals surface area contributed by atoms with Crippen molar-refractivity contribution in [3.63, 3.8) is 0 Å². The third kappa shape index (κ3) is 3.37. The highest BCUT2D eigenvalue weighted by molar-refractivity contribution is 5.51. The molecule has 0 radical (unpaired) electrons. The zero-order valence-corrected chi connectivity index (χ0v) is 10.2. The highest BCUT2D eigenvalue weighted by Gasteiger charge is 2.19. The number of non-ortho nitro benzene ring substituents is 1. The Morgan fingerprint density at radius 1 is 1.42 bits per heavy atom. The van der Waals surface area contributed by atoms with E-state index in [0.29, 0.717) is 25.3 Å². The minimum absolute atomic E-state index is 0.197. The van der Waals surface area contributed by atoms with Crippen LogP contribution < -0.4 is 5.32 Å². The number of hydrogen-bond acceptors (Lipinski definition) is 4. The van der Waals surface area contributed by atoms with Gasteiger partial charge in [-0.05, 0) is 18.8 Å². The van der Waals surface area contributed by atoms with Crippen LogP contribution in [0.3, 0.4) is 0 Å². The number of ether oxygens (including phenoxy) is 1. The molecule has 1 aromatic carbocycles. The van der Waals surface area contributed by atoms with Crippen molar-refractivity contribution < 1.29 is 18.4 Å². The zero-order chi connectivity index (χ0) is 13.8. The maximum absolute atomic E-state index is 13.6. The molecular weight excluding hydrogens is 258 g/mol. The Hall–Kier alpha value is -1.76. The standard InChI is InChI=1S/C12H14F2N2O3/c13-10-4-9(16(17)18)5-11(14)12(10)15-6-8-2-1-3-19-7-8/h4-5,8,15H,1-3,6-7H2. The van der Waals surface area contributed by atoms with Crippen LogP contribution in [0.2, 0.25) is 0 Å². The van der Waals surface area contributed by atoms with Gasteiger partial charge in [-0.3, -0.25) is 10.1 Å². The quantitative estimate of drug-likeness (QED) is 0.676. The summed E-state index contributed by atoms with van der Waals surface area (Å²) < 4.78 is 32.4. The largest absolute Gasteiger partial charge is 0.381 e. The van der Waals surface area contributed by atoms with Crippen LogP contribution in [0.25, 0.3) is 0 Å². The van der Waals surface area contributed by atoms with Crippen LogP contribution in [0.1, 0.15) is 12.8 Å². The van der Waals surface area contributed by atoms with E-state index >= 15 is 0 Å². The van der Waals surface area contributed by atoms with E-state index in [9.17, 15) is 18.9 Å². The number of anilines is 1. The second-order valence-corrected chi connectivity index (χ2v) is 4.51. The molecule has 1 N–H and O–H groups in total. The molecule has 0 aliphatic carbocycles. The number of benzene rings is 1. The van der Waals surface area contributed by atoms with Crippen molar-refractivity contribution >= 4 is 11.4 Å². The number of nitrogens with zero attached hydrogens (tertiary/aromatic N) is 1. The minimum Gasteiger partial charge on any atom is -0.381 e. The molecule has 0 bridgehead atoms. The summed E-state index contributed by atoms with van der Waals surface area (Å²) in [6.07, 6.45) is 1.86. The Morgan fingerprint density at radius 3 is 2.63 bits per heavy atom. The van der Waals surface area contributed by atoms with Crippen LogP contribution >= 0.6 is 0 Å². The summed E-state index contributed by atoms with van der Waals surface area (Å²) >= 11 is 0. The van der Waals surface area contributed by atoms with E-state index in [0.717, 1.165) is 19.4 Å². The zero-order valence-electron chi connectivity index (χ0n) is 10.2.